The zero-order valence-electron chi connectivity index (χ0n) is 14.2. The number of ether oxygens (including phenoxy) is 1. The third-order valence-corrected chi connectivity index (χ3v) is 4.30. The minimum atomic E-state index is -0.554. The molecule has 2 aromatic rings. The summed E-state index contributed by atoms with van der Waals surface area (Å²) in [5.41, 5.74) is 7.07. The van der Waals surface area contributed by atoms with Crippen molar-refractivity contribution in [3.63, 3.8) is 0 Å². The Labute approximate surface area is 145 Å². The van der Waals surface area contributed by atoms with E-state index in [0.29, 0.717) is 24.3 Å². The van der Waals surface area contributed by atoms with Crippen molar-refractivity contribution in [1.29, 1.82) is 0 Å². The number of likely N-dealkylation sites (tertiary alicyclic amines) is 1. The molecule has 3 N–H and O–H groups in total. The molecule has 0 spiro atoms. The van der Waals surface area contributed by atoms with E-state index in [1.54, 1.807) is 25.0 Å². The van der Waals surface area contributed by atoms with Gasteiger partial charge in [-0.25, -0.2) is 4.68 Å². The van der Waals surface area contributed by atoms with E-state index in [1.165, 1.54) is 11.1 Å². The summed E-state index contributed by atoms with van der Waals surface area (Å²) in [7, 11) is 3.13. The summed E-state index contributed by atoms with van der Waals surface area (Å²) in [4.78, 5) is 26.4. The van der Waals surface area contributed by atoms with E-state index in [-0.39, 0.29) is 17.9 Å². The number of carbonyl (C=O) groups excluding carboxylic acids is 2. The fourth-order valence-electron chi connectivity index (χ4n) is 3.06. The standard InChI is InChI=1S/C17H21N5O3/c1-19-16(23)14-7-12(18)10-21(14)17(24)11-8-20-22(9-11)13-5-3-4-6-15(13)25-2/h3-6,8-9,12,14H,7,10,18H2,1-2H3,(H,19,23)/t12-,14+/m1/s1. The van der Waals surface area contributed by atoms with Crippen LogP contribution in [0.3, 0.4) is 0 Å². The third kappa shape index (κ3) is 3.20. The maximum absolute atomic E-state index is 12.8. The monoisotopic (exact) mass is 343 g/mol. The van der Waals surface area contributed by atoms with Crippen molar-refractivity contribution in [3.8, 4) is 11.4 Å². The first-order valence-corrected chi connectivity index (χ1v) is 8.01. The van der Waals surface area contributed by atoms with E-state index in [1.807, 2.05) is 24.3 Å². The number of para-hydroxylation sites is 2. The molecule has 0 bridgehead atoms. The molecular formula is C17H21N5O3. The van der Waals surface area contributed by atoms with Gasteiger partial charge < -0.3 is 20.7 Å². The number of nitrogens with one attached hydrogen (secondary N) is 1. The van der Waals surface area contributed by atoms with Gasteiger partial charge in [0.2, 0.25) is 5.91 Å². The number of likely N-dealkylation sites (N-methyl/N-ethyl adjacent to an activating group) is 1. The number of benzene rings is 1. The summed E-state index contributed by atoms with van der Waals surface area (Å²) in [6.07, 6.45) is 3.57. The molecule has 2 amide bonds. The van der Waals surface area contributed by atoms with Crippen molar-refractivity contribution in [1.82, 2.24) is 20.0 Å². The Morgan fingerprint density at radius 2 is 2.12 bits per heavy atom. The number of rotatable bonds is 4. The van der Waals surface area contributed by atoms with Crippen molar-refractivity contribution in [2.45, 2.75) is 18.5 Å². The maximum Gasteiger partial charge on any atom is 0.257 e. The van der Waals surface area contributed by atoms with Crippen LogP contribution < -0.4 is 15.8 Å². The van der Waals surface area contributed by atoms with Crippen LogP contribution in [0.2, 0.25) is 0 Å². The molecule has 25 heavy (non-hydrogen) atoms. The molecule has 2 heterocycles. The van der Waals surface area contributed by atoms with E-state index in [9.17, 15) is 9.59 Å². The van der Waals surface area contributed by atoms with E-state index >= 15 is 0 Å². The highest BCUT2D eigenvalue weighted by Crippen LogP contribution is 2.23. The molecule has 1 saturated heterocycles. The maximum atomic E-state index is 12.8. The second kappa shape index (κ2) is 6.94. The summed E-state index contributed by atoms with van der Waals surface area (Å²) >= 11 is 0. The SMILES string of the molecule is CNC(=O)[C@@H]1C[C@@H](N)CN1C(=O)c1cnn(-c2ccccc2OC)c1. The summed E-state index contributed by atoms with van der Waals surface area (Å²) in [5.74, 6) is 0.178. The number of aromatic nitrogens is 2. The number of amides is 2. The van der Waals surface area contributed by atoms with Crippen LogP contribution in [0.1, 0.15) is 16.8 Å². The topological polar surface area (TPSA) is 102 Å². The first-order chi connectivity index (χ1) is 12.0. The fraction of sp³-hybridized carbons (Fsp3) is 0.353. The van der Waals surface area contributed by atoms with E-state index in [0.717, 1.165) is 5.69 Å². The number of carbonyl (C=O) groups is 2. The first kappa shape index (κ1) is 17.0. The lowest BCUT2D eigenvalue weighted by molar-refractivity contribution is -0.124. The zero-order valence-corrected chi connectivity index (χ0v) is 14.2. The average Bonchev–Trinajstić information content (AvgIpc) is 3.27. The van der Waals surface area contributed by atoms with Crippen molar-refractivity contribution >= 4 is 11.8 Å². The summed E-state index contributed by atoms with van der Waals surface area (Å²) < 4.78 is 6.90. The molecule has 0 saturated carbocycles. The summed E-state index contributed by atoms with van der Waals surface area (Å²) in [5, 5.41) is 6.84. The quantitative estimate of drug-likeness (QED) is 0.824. The van der Waals surface area contributed by atoms with Crippen LogP contribution in [0, 0.1) is 0 Å². The van der Waals surface area contributed by atoms with Gasteiger partial charge in [0.1, 0.15) is 17.5 Å². The lowest BCUT2D eigenvalue weighted by atomic mass is 10.1. The van der Waals surface area contributed by atoms with Crippen LogP contribution in [-0.4, -0.2) is 59.3 Å². The van der Waals surface area contributed by atoms with Crippen molar-refractivity contribution in [2.75, 3.05) is 20.7 Å². The minimum Gasteiger partial charge on any atom is -0.494 e. The van der Waals surface area contributed by atoms with Crippen LogP contribution >= 0.6 is 0 Å². The molecule has 3 rings (SSSR count). The van der Waals surface area contributed by atoms with Crippen LogP contribution in [0.25, 0.3) is 5.69 Å². The second-order valence-corrected chi connectivity index (χ2v) is 5.93. The van der Waals surface area contributed by atoms with Crippen LogP contribution in [0.15, 0.2) is 36.7 Å². The Morgan fingerprint density at radius 1 is 1.36 bits per heavy atom. The molecule has 0 radical (unpaired) electrons. The minimum absolute atomic E-state index is 0.210. The van der Waals surface area contributed by atoms with Gasteiger partial charge in [-0.2, -0.15) is 5.10 Å². The normalized spacial score (nSPS) is 19.7. The fourth-order valence-corrected chi connectivity index (χ4v) is 3.06. The van der Waals surface area contributed by atoms with Gasteiger partial charge in [-0.15, -0.1) is 0 Å². The third-order valence-electron chi connectivity index (χ3n) is 4.30. The smallest absolute Gasteiger partial charge is 0.257 e. The van der Waals surface area contributed by atoms with Gasteiger partial charge in [-0.3, -0.25) is 9.59 Å². The number of hydrogen-bond donors (Lipinski definition) is 2. The Bertz CT molecular complexity index is 788. The summed E-state index contributed by atoms with van der Waals surface area (Å²) in [6, 6.07) is 6.62. The number of methoxy groups -OCH3 is 1. The molecule has 8 heteroatoms. The average molecular weight is 343 g/mol. The van der Waals surface area contributed by atoms with Gasteiger partial charge in [0.15, 0.2) is 0 Å². The Morgan fingerprint density at radius 3 is 2.84 bits per heavy atom. The number of nitrogens with two attached hydrogens (primary N) is 1. The molecule has 132 valence electrons. The van der Waals surface area contributed by atoms with Gasteiger partial charge >= 0.3 is 0 Å². The van der Waals surface area contributed by atoms with E-state index < -0.39 is 6.04 Å². The van der Waals surface area contributed by atoms with E-state index in [2.05, 4.69) is 10.4 Å². The van der Waals surface area contributed by atoms with Crippen molar-refractivity contribution < 1.29 is 14.3 Å². The predicted octanol–water partition coefficient (Wildman–Crippen LogP) is 0.169. The molecular weight excluding hydrogens is 322 g/mol. The highest BCUT2D eigenvalue weighted by molar-refractivity contribution is 5.97. The van der Waals surface area contributed by atoms with E-state index in [4.69, 9.17) is 10.5 Å². The molecule has 1 aliphatic heterocycles. The van der Waals surface area contributed by atoms with Gasteiger partial charge in [0.05, 0.1) is 18.9 Å². The Balaban J connectivity index is 1.86. The number of nitrogens with zero attached hydrogens (tertiary/aromatic N) is 3. The molecule has 1 fully saturated rings. The predicted molar refractivity (Wildman–Crippen MR) is 91.6 cm³/mol. The van der Waals surface area contributed by atoms with Gasteiger partial charge in [0, 0.05) is 25.8 Å². The molecule has 8 nitrogen and oxygen atoms in total. The molecule has 2 atom stereocenters. The van der Waals surface area contributed by atoms with Gasteiger partial charge in [-0.1, -0.05) is 12.1 Å². The second-order valence-electron chi connectivity index (χ2n) is 5.93. The number of hydrogen-bond acceptors (Lipinski definition) is 5. The van der Waals surface area contributed by atoms with Gasteiger partial charge in [0.25, 0.3) is 5.91 Å². The Hall–Kier alpha value is -2.87. The molecule has 0 aliphatic carbocycles. The first-order valence-electron chi connectivity index (χ1n) is 8.01. The molecule has 1 aliphatic rings. The van der Waals surface area contributed by atoms with Crippen LogP contribution in [0.4, 0.5) is 0 Å². The van der Waals surface area contributed by atoms with Gasteiger partial charge in [-0.05, 0) is 18.6 Å². The van der Waals surface area contributed by atoms with Crippen LogP contribution in [-0.2, 0) is 4.79 Å². The summed E-state index contributed by atoms with van der Waals surface area (Å²) in [6.45, 7) is 0.344. The Kier molecular flexibility index (Phi) is 4.71. The molecule has 1 aromatic heterocycles. The highest BCUT2D eigenvalue weighted by atomic mass is 16.5. The van der Waals surface area contributed by atoms with Crippen molar-refractivity contribution in [3.05, 3.63) is 42.2 Å². The molecule has 1 aromatic carbocycles. The lowest BCUT2D eigenvalue weighted by Gasteiger charge is -2.22. The van der Waals surface area contributed by atoms with Crippen molar-refractivity contribution in [2.24, 2.45) is 5.73 Å². The zero-order chi connectivity index (χ0) is 18.0. The highest BCUT2D eigenvalue weighted by Gasteiger charge is 2.38. The molecule has 0 unspecified atom stereocenters. The lowest BCUT2D eigenvalue weighted by Crippen LogP contribution is -2.44. The largest absolute Gasteiger partial charge is 0.494 e. The van der Waals surface area contributed by atoms with Crippen LogP contribution in [0.5, 0.6) is 5.75 Å².